The van der Waals surface area contributed by atoms with E-state index in [2.05, 4.69) is 25.2 Å². The molecule has 3 rings (SSSR count). The summed E-state index contributed by atoms with van der Waals surface area (Å²) in [6, 6.07) is 1.81. The highest BCUT2D eigenvalue weighted by molar-refractivity contribution is 7.09. The summed E-state index contributed by atoms with van der Waals surface area (Å²) >= 11 is 7.75. The molecule has 1 fully saturated rings. The van der Waals surface area contributed by atoms with Gasteiger partial charge in [0.05, 0.1) is 17.2 Å². The molecule has 1 saturated carbocycles. The number of aryl methyl sites for hydroxylation is 1. The van der Waals surface area contributed by atoms with Gasteiger partial charge >= 0.3 is 0 Å². The number of thiazole rings is 1. The molecule has 4 nitrogen and oxygen atoms in total. The van der Waals surface area contributed by atoms with Crippen LogP contribution in [0.4, 0.5) is 5.82 Å². The first kappa shape index (κ1) is 12.8. The summed E-state index contributed by atoms with van der Waals surface area (Å²) in [6.07, 6.45) is 2.35. The molecule has 0 atom stereocenters. The highest BCUT2D eigenvalue weighted by Crippen LogP contribution is 2.39. The van der Waals surface area contributed by atoms with Crippen LogP contribution in [0.1, 0.15) is 35.3 Å². The number of nitrogens with zero attached hydrogens (tertiary/aromatic N) is 4. The van der Waals surface area contributed by atoms with Crippen molar-refractivity contribution in [2.45, 2.75) is 32.2 Å². The van der Waals surface area contributed by atoms with Gasteiger partial charge in [-0.15, -0.1) is 11.3 Å². The van der Waals surface area contributed by atoms with E-state index in [1.165, 1.54) is 12.8 Å². The van der Waals surface area contributed by atoms with Crippen LogP contribution in [0.5, 0.6) is 0 Å². The van der Waals surface area contributed by atoms with Crippen molar-refractivity contribution in [1.29, 1.82) is 0 Å². The first-order chi connectivity index (χ1) is 9.11. The third-order valence-electron chi connectivity index (χ3n) is 3.10. The van der Waals surface area contributed by atoms with E-state index in [0.29, 0.717) is 11.1 Å². The summed E-state index contributed by atoms with van der Waals surface area (Å²) in [6.45, 7) is 2.75. The summed E-state index contributed by atoms with van der Waals surface area (Å²) in [5.74, 6) is 2.25. The SMILES string of the molecule is Cc1nc(CN(C)c2cc(Cl)nc(C3CC3)n2)cs1. The Labute approximate surface area is 121 Å². The van der Waals surface area contributed by atoms with Gasteiger partial charge in [-0.25, -0.2) is 15.0 Å². The lowest BCUT2D eigenvalue weighted by Crippen LogP contribution is -2.18. The minimum atomic E-state index is 0.507. The van der Waals surface area contributed by atoms with Gasteiger partial charge in [-0.2, -0.15) is 0 Å². The largest absolute Gasteiger partial charge is 0.354 e. The maximum Gasteiger partial charge on any atom is 0.135 e. The van der Waals surface area contributed by atoms with Crippen molar-refractivity contribution in [1.82, 2.24) is 15.0 Å². The van der Waals surface area contributed by atoms with E-state index in [1.807, 2.05) is 20.0 Å². The second-order valence-electron chi connectivity index (χ2n) is 4.90. The zero-order chi connectivity index (χ0) is 13.4. The molecule has 0 radical (unpaired) electrons. The fraction of sp³-hybridized carbons (Fsp3) is 0.462. The van der Waals surface area contributed by atoms with Gasteiger partial charge < -0.3 is 4.90 Å². The molecule has 0 spiro atoms. The van der Waals surface area contributed by atoms with Crippen molar-refractivity contribution in [3.8, 4) is 0 Å². The van der Waals surface area contributed by atoms with E-state index < -0.39 is 0 Å². The van der Waals surface area contributed by atoms with Crippen LogP contribution in [-0.2, 0) is 6.54 Å². The summed E-state index contributed by atoms with van der Waals surface area (Å²) in [7, 11) is 2.00. The minimum absolute atomic E-state index is 0.507. The van der Waals surface area contributed by atoms with Crippen LogP contribution in [0.15, 0.2) is 11.4 Å². The Balaban J connectivity index is 1.80. The molecule has 100 valence electrons. The average Bonchev–Trinajstić information content (AvgIpc) is 3.13. The molecule has 0 N–H and O–H groups in total. The van der Waals surface area contributed by atoms with Gasteiger partial charge in [0, 0.05) is 24.4 Å². The predicted molar refractivity (Wildman–Crippen MR) is 78.0 cm³/mol. The van der Waals surface area contributed by atoms with Crippen molar-refractivity contribution >= 4 is 28.8 Å². The second-order valence-corrected chi connectivity index (χ2v) is 6.34. The zero-order valence-electron chi connectivity index (χ0n) is 10.9. The third kappa shape index (κ3) is 3.04. The topological polar surface area (TPSA) is 41.9 Å². The number of hydrogen-bond acceptors (Lipinski definition) is 5. The first-order valence-electron chi connectivity index (χ1n) is 6.28. The predicted octanol–water partition coefficient (Wildman–Crippen LogP) is 3.41. The van der Waals surface area contributed by atoms with Gasteiger partial charge in [0.2, 0.25) is 0 Å². The summed E-state index contributed by atoms with van der Waals surface area (Å²) in [4.78, 5) is 15.4. The molecule has 0 saturated heterocycles. The molecule has 0 aromatic carbocycles. The number of aromatic nitrogens is 3. The van der Waals surface area contributed by atoms with Gasteiger partial charge in [0.15, 0.2) is 0 Å². The van der Waals surface area contributed by atoms with E-state index in [-0.39, 0.29) is 0 Å². The Kier molecular flexibility index (Phi) is 3.41. The Morgan fingerprint density at radius 2 is 2.16 bits per heavy atom. The molecule has 6 heteroatoms. The summed E-state index contributed by atoms with van der Waals surface area (Å²) < 4.78 is 0. The number of anilines is 1. The van der Waals surface area contributed by atoms with Crippen LogP contribution in [0, 0.1) is 6.92 Å². The van der Waals surface area contributed by atoms with Crippen molar-refractivity contribution in [2.75, 3.05) is 11.9 Å². The Morgan fingerprint density at radius 3 is 2.79 bits per heavy atom. The maximum atomic E-state index is 6.08. The van der Waals surface area contributed by atoms with E-state index in [4.69, 9.17) is 11.6 Å². The van der Waals surface area contributed by atoms with Crippen LogP contribution >= 0.6 is 22.9 Å². The Morgan fingerprint density at radius 1 is 1.37 bits per heavy atom. The highest BCUT2D eigenvalue weighted by Gasteiger charge is 2.27. The lowest BCUT2D eigenvalue weighted by molar-refractivity contribution is 0.839. The molecular weight excluding hydrogens is 280 g/mol. The molecule has 0 bridgehead atoms. The second kappa shape index (κ2) is 5.06. The van der Waals surface area contributed by atoms with Crippen molar-refractivity contribution in [3.63, 3.8) is 0 Å². The fourth-order valence-corrected chi connectivity index (χ4v) is 2.74. The summed E-state index contributed by atoms with van der Waals surface area (Å²) in [5, 5.41) is 3.69. The number of halogens is 1. The average molecular weight is 295 g/mol. The van der Waals surface area contributed by atoms with Gasteiger partial charge in [-0.3, -0.25) is 0 Å². The molecule has 19 heavy (non-hydrogen) atoms. The van der Waals surface area contributed by atoms with Crippen LogP contribution in [-0.4, -0.2) is 22.0 Å². The van der Waals surface area contributed by atoms with E-state index >= 15 is 0 Å². The monoisotopic (exact) mass is 294 g/mol. The summed E-state index contributed by atoms with van der Waals surface area (Å²) in [5.41, 5.74) is 1.06. The van der Waals surface area contributed by atoms with Crippen molar-refractivity contribution in [3.05, 3.63) is 33.1 Å². The molecular formula is C13H15ClN4S. The molecule has 1 aliphatic rings. The smallest absolute Gasteiger partial charge is 0.135 e. The lowest BCUT2D eigenvalue weighted by Gasteiger charge is -2.17. The molecule has 0 aliphatic heterocycles. The van der Waals surface area contributed by atoms with Crippen LogP contribution in [0.25, 0.3) is 0 Å². The van der Waals surface area contributed by atoms with Crippen LogP contribution in [0.3, 0.4) is 0 Å². The fourth-order valence-electron chi connectivity index (χ4n) is 1.95. The normalized spacial score (nSPS) is 14.7. The molecule has 0 unspecified atom stereocenters. The highest BCUT2D eigenvalue weighted by atomic mass is 35.5. The van der Waals surface area contributed by atoms with E-state index in [1.54, 1.807) is 11.3 Å². The molecule has 2 heterocycles. The quantitative estimate of drug-likeness (QED) is 0.811. The van der Waals surface area contributed by atoms with Crippen molar-refractivity contribution in [2.24, 2.45) is 0 Å². The first-order valence-corrected chi connectivity index (χ1v) is 7.54. The zero-order valence-corrected chi connectivity index (χ0v) is 12.5. The van der Waals surface area contributed by atoms with Crippen LogP contribution in [0.2, 0.25) is 5.15 Å². The van der Waals surface area contributed by atoms with E-state index in [9.17, 15) is 0 Å². The number of hydrogen-bond donors (Lipinski definition) is 0. The third-order valence-corrected chi connectivity index (χ3v) is 4.11. The van der Waals surface area contributed by atoms with Gasteiger partial charge in [0.1, 0.15) is 16.8 Å². The molecule has 2 aromatic heterocycles. The van der Waals surface area contributed by atoms with Crippen LogP contribution < -0.4 is 4.90 Å². The Hall–Kier alpha value is -1.20. The molecule has 1 aliphatic carbocycles. The standard InChI is InChI=1S/C13H15ClN4S/c1-8-15-10(7-19-8)6-18(2)12-5-11(14)16-13(17-12)9-3-4-9/h5,7,9H,3-4,6H2,1-2H3. The number of rotatable bonds is 4. The maximum absolute atomic E-state index is 6.08. The molecule has 2 aromatic rings. The van der Waals surface area contributed by atoms with Gasteiger partial charge in [-0.05, 0) is 19.8 Å². The van der Waals surface area contributed by atoms with Gasteiger partial charge in [-0.1, -0.05) is 11.6 Å². The minimum Gasteiger partial charge on any atom is -0.354 e. The molecule has 0 amide bonds. The lowest BCUT2D eigenvalue weighted by atomic mass is 10.3. The van der Waals surface area contributed by atoms with Crippen molar-refractivity contribution < 1.29 is 0 Å². The Bertz CT molecular complexity index is 594. The van der Waals surface area contributed by atoms with E-state index in [0.717, 1.165) is 28.9 Å². The van der Waals surface area contributed by atoms with Gasteiger partial charge in [0.25, 0.3) is 0 Å².